The van der Waals surface area contributed by atoms with Gasteiger partial charge >= 0.3 is 0 Å². The molecule has 0 amide bonds. The van der Waals surface area contributed by atoms with Gasteiger partial charge in [-0.05, 0) is 98.1 Å². The van der Waals surface area contributed by atoms with Gasteiger partial charge in [0.1, 0.15) is 0 Å². The second-order valence-corrected chi connectivity index (χ2v) is 12.9. The highest BCUT2D eigenvalue weighted by Gasteiger charge is 2.49. The van der Waals surface area contributed by atoms with Gasteiger partial charge in [-0.3, -0.25) is 4.98 Å². The third kappa shape index (κ3) is 4.27. The Labute approximate surface area is 295 Å². The maximum Gasteiger partial charge on any atom is 0.165 e. The molecule has 236 valence electrons. The Balaban J connectivity index is 1.28. The van der Waals surface area contributed by atoms with Crippen molar-refractivity contribution >= 4 is 0 Å². The topological polar surface area (TPSA) is 75.3 Å². The molecule has 1 spiro atoms. The molecule has 0 N–H and O–H groups in total. The molecule has 0 saturated carbocycles. The number of fused-ring (bicyclic) bond motifs is 12. The number of pyridine rings is 1. The van der Waals surface area contributed by atoms with Crippen molar-refractivity contribution in [3.63, 3.8) is 0 Å². The Morgan fingerprint density at radius 1 is 0.412 bits per heavy atom. The molecular formula is C46H27N5. The van der Waals surface area contributed by atoms with Crippen molar-refractivity contribution in [2.45, 2.75) is 5.41 Å². The van der Waals surface area contributed by atoms with E-state index in [1.807, 2.05) is 24.3 Å². The summed E-state index contributed by atoms with van der Waals surface area (Å²) in [6.07, 6.45) is 3.51. The molecule has 5 heteroatoms. The molecule has 0 aliphatic heterocycles. The number of benzene rings is 6. The molecule has 2 aliphatic rings. The van der Waals surface area contributed by atoms with Gasteiger partial charge < -0.3 is 0 Å². The predicted octanol–water partition coefficient (Wildman–Crippen LogP) is 10.1. The van der Waals surface area contributed by atoms with Crippen LogP contribution in [0.4, 0.5) is 0 Å². The molecule has 0 fully saturated rings. The fourth-order valence-corrected chi connectivity index (χ4v) is 8.14. The van der Waals surface area contributed by atoms with Gasteiger partial charge in [0.05, 0.1) is 17.0 Å². The zero-order valence-corrected chi connectivity index (χ0v) is 27.3. The molecule has 10 rings (SSSR count). The summed E-state index contributed by atoms with van der Waals surface area (Å²) < 4.78 is 0. The molecule has 2 heterocycles. The smallest absolute Gasteiger partial charge is 0.165 e. The summed E-state index contributed by atoms with van der Waals surface area (Å²) >= 11 is 0. The van der Waals surface area contributed by atoms with E-state index in [1.54, 1.807) is 24.5 Å². The summed E-state index contributed by atoms with van der Waals surface area (Å²) in [5.74, 6) is 1.62. The normalized spacial score (nSPS) is 12.8. The lowest BCUT2D eigenvalue weighted by Crippen LogP contribution is -2.29. The number of nitrogens with zero attached hydrogens (tertiary/aromatic N) is 5. The zero-order valence-electron chi connectivity index (χ0n) is 27.3. The average molecular weight is 650 g/mol. The van der Waals surface area contributed by atoms with Crippen LogP contribution in [0.5, 0.6) is 0 Å². The third-order valence-electron chi connectivity index (χ3n) is 10.3. The highest BCUT2D eigenvalue weighted by molar-refractivity contribution is 5.97. The van der Waals surface area contributed by atoms with E-state index in [9.17, 15) is 5.26 Å². The van der Waals surface area contributed by atoms with Crippen molar-refractivity contribution < 1.29 is 0 Å². The van der Waals surface area contributed by atoms with Gasteiger partial charge in [0.15, 0.2) is 17.5 Å². The minimum absolute atomic E-state index is 0.529. The van der Waals surface area contributed by atoms with Crippen molar-refractivity contribution in [1.29, 1.82) is 5.26 Å². The van der Waals surface area contributed by atoms with E-state index in [1.165, 1.54) is 44.5 Å². The number of nitriles is 1. The quantitative estimate of drug-likeness (QED) is 0.190. The second-order valence-electron chi connectivity index (χ2n) is 12.9. The van der Waals surface area contributed by atoms with Crippen LogP contribution in [0.2, 0.25) is 0 Å². The van der Waals surface area contributed by atoms with Gasteiger partial charge in [-0.25, -0.2) is 15.0 Å². The summed E-state index contributed by atoms with van der Waals surface area (Å²) in [5, 5.41) is 9.42. The zero-order chi connectivity index (χ0) is 33.9. The largest absolute Gasteiger partial charge is 0.264 e. The Morgan fingerprint density at radius 2 is 0.882 bits per heavy atom. The highest BCUT2D eigenvalue weighted by atomic mass is 15.0. The van der Waals surface area contributed by atoms with E-state index in [4.69, 9.17) is 15.0 Å². The number of hydrogen-bond donors (Lipinski definition) is 0. The van der Waals surface area contributed by atoms with E-state index >= 15 is 0 Å². The van der Waals surface area contributed by atoms with Crippen LogP contribution in [-0.2, 0) is 5.41 Å². The maximum absolute atomic E-state index is 9.42. The molecule has 2 aliphatic carbocycles. The number of rotatable bonds is 3. The summed E-state index contributed by atoms with van der Waals surface area (Å²) in [4.78, 5) is 19.3. The molecule has 51 heavy (non-hydrogen) atoms. The molecule has 0 saturated heterocycles. The molecule has 6 aromatic carbocycles. The molecular weight excluding hydrogens is 623 g/mol. The average Bonchev–Trinajstić information content (AvgIpc) is 3.46. The second kappa shape index (κ2) is 11.3. The molecule has 0 atom stereocenters. The highest BCUT2D eigenvalue weighted by Crippen LogP contribution is 2.61. The first-order valence-electron chi connectivity index (χ1n) is 16.9. The van der Waals surface area contributed by atoms with Crippen molar-refractivity contribution in [2.75, 3.05) is 0 Å². The summed E-state index contributed by atoms with van der Waals surface area (Å²) in [7, 11) is 0. The van der Waals surface area contributed by atoms with Gasteiger partial charge in [0, 0.05) is 29.1 Å². The van der Waals surface area contributed by atoms with Crippen molar-refractivity contribution in [1.82, 2.24) is 19.9 Å². The van der Waals surface area contributed by atoms with Gasteiger partial charge in [-0.2, -0.15) is 5.26 Å². The van der Waals surface area contributed by atoms with E-state index in [-0.39, 0.29) is 0 Å². The summed E-state index contributed by atoms with van der Waals surface area (Å²) in [6, 6.07) is 55.4. The Kier molecular flexibility index (Phi) is 6.39. The van der Waals surface area contributed by atoms with Crippen molar-refractivity contribution in [3.05, 3.63) is 192 Å². The minimum atomic E-state index is -0.551. The first kappa shape index (κ1) is 28.9. The molecule has 8 aromatic rings. The Morgan fingerprint density at radius 3 is 1.45 bits per heavy atom. The van der Waals surface area contributed by atoms with Crippen LogP contribution in [0.15, 0.2) is 164 Å². The molecule has 0 bridgehead atoms. The third-order valence-corrected chi connectivity index (χ3v) is 10.3. The molecule has 5 nitrogen and oxygen atoms in total. The van der Waals surface area contributed by atoms with Crippen LogP contribution in [0.1, 0.15) is 27.8 Å². The predicted molar refractivity (Wildman–Crippen MR) is 200 cm³/mol. The van der Waals surface area contributed by atoms with E-state index in [0.717, 1.165) is 27.8 Å². The van der Waals surface area contributed by atoms with E-state index in [0.29, 0.717) is 23.0 Å². The molecule has 0 unspecified atom stereocenters. The van der Waals surface area contributed by atoms with Crippen LogP contribution < -0.4 is 0 Å². The fourth-order valence-electron chi connectivity index (χ4n) is 8.14. The van der Waals surface area contributed by atoms with Crippen LogP contribution in [-0.4, -0.2) is 19.9 Å². The van der Waals surface area contributed by atoms with Gasteiger partial charge in [0.2, 0.25) is 0 Å². The standard InChI is InChI=1S/C46H27N5/c47-27-29-19-21-30(22-20-29)43-49-44(51-45(50-43)32-10-9-25-48-28-32)31-23-24-42-38(26-31)34-12-2-1-11-33(34)35-13-3-6-16-39(35)46(42)40-17-7-4-14-36(40)37-15-5-8-18-41(37)46/h1-26,28H. The lowest BCUT2D eigenvalue weighted by molar-refractivity contribution is 0.775. The van der Waals surface area contributed by atoms with Crippen LogP contribution in [0.3, 0.4) is 0 Å². The lowest BCUT2D eigenvalue weighted by Gasteiger charge is -2.35. The lowest BCUT2D eigenvalue weighted by atomic mass is 9.66. The Hall–Kier alpha value is -7.03. The van der Waals surface area contributed by atoms with E-state index in [2.05, 4.69) is 126 Å². The van der Waals surface area contributed by atoms with Crippen LogP contribution in [0.25, 0.3) is 67.5 Å². The van der Waals surface area contributed by atoms with Gasteiger partial charge in [0.25, 0.3) is 0 Å². The minimum Gasteiger partial charge on any atom is -0.264 e. The van der Waals surface area contributed by atoms with Crippen molar-refractivity contribution in [2.24, 2.45) is 0 Å². The van der Waals surface area contributed by atoms with E-state index < -0.39 is 5.41 Å². The maximum atomic E-state index is 9.42. The molecule has 2 aromatic heterocycles. The van der Waals surface area contributed by atoms with Gasteiger partial charge in [-0.1, -0.05) is 109 Å². The summed E-state index contributed by atoms with van der Waals surface area (Å²) in [6.45, 7) is 0. The number of aromatic nitrogens is 4. The summed E-state index contributed by atoms with van der Waals surface area (Å²) in [5.41, 5.74) is 14.8. The first-order valence-corrected chi connectivity index (χ1v) is 16.9. The monoisotopic (exact) mass is 649 g/mol. The van der Waals surface area contributed by atoms with Crippen molar-refractivity contribution in [3.8, 4) is 73.6 Å². The van der Waals surface area contributed by atoms with Gasteiger partial charge in [-0.15, -0.1) is 0 Å². The van der Waals surface area contributed by atoms with Crippen LogP contribution >= 0.6 is 0 Å². The molecule has 0 radical (unpaired) electrons. The van der Waals surface area contributed by atoms with Crippen LogP contribution in [0, 0.1) is 11.3 Å². The number of hydrogen-bond acceptors (Lipinski definition) is 5. The SMILES string of the molecule is N#Cc1ccc(-c2nc(-c3cccnc3)nc(-c3ccc4c(c3)-c3ccccc3-c3ccccc3C43c4ccccc4-c4ccccc43)n2)cc1. The Bertz CT molecular complexity index is 2660. The fraction of sp³-hybridized carbons (Fsp3) is 0.0217. The first-order chi connectivity index (χ1) is 25.2.